The lowest BCUT2D eigenvalue weighted by Crippen LogP contribution is -2.18. The van der Waals surface area contributed by atoms with Gasteiger partial charge in [-0.25, -0.2) is 9.59 Å². The summed E-state index contributed by atoms with van der Waals surface area (Å²) in [6.45, 7) is 0. The lowest BCUT2D eigenvalue weighted by Gasteiger charge is -2.09. The van der Waals surface area contributed by atoms with E-state index in [2.05, 4.69) is 25.0 Å². The molecule has 1 heterocycles. The van der Waals surface area contributed by atoms with Crippen molar-refractivity contribution in [1.29, 1.82) is 0 Å². The first-order chi connectivity index (χ1) is 17.8. The highest BCUT2D eigenvalue weighted by Gasteiger charge is 2.22. The van der Waals surface area contributed by atoms with E-state index in [0.29, 0.717) is 15.8 Å². The summed E-state index contributed by atoms with van der Waals surface area (Å²) in [6.07, 6.45) is 1.50. The fourth-order valence-corrected chi connectivity index (χ4v) is 3.58. The molecular formula is C23H17Cl2N5O6S. The number of methoxy groups -OCH3 is 1. The Morgan fingerprint density at radius 1 is 1.03 bits per heavy atom. The van der Waals surface area contributed by atoms with Gasteiger partial charge in [-0.1, -0.05) is 45.9 Å². The number of amides is 2. The quantitative estimate of drug-likeness (QED) is 0.151. The Bertz CT molecular complexity index is 1390. The predicted molar refractivity (Wildman–Crippen MR) is 140 cm³/mol. The fourth-order valence-electron chi connectivity index (χ4n) is 2.71. The highest BCUT2D eigenvalue weighted by molar-refractivity contribution is 7.10. The van der Waals surface area contributed by atoms with Gasteiger partial charge in [-0.15, -0.1) is 5.10 Å². The maximum absolute atomic E-state index is 11.6. The molecule has 190 valence electrons. The number of nitro benzene ring substituents is 1. The summed E-state index contributed by atoms with van der Waals surface area (Å²) in [5.74, 6) is -0.328. The van der Waals surface area contributed by atoms with Crippen LogP contribution in [-0.4, -0.2) is 33.6 Å². The molecule has 0 saturated carbocycles. The summed E-state index contributed by atoms with van der Waals surface area (Å²) in [7, 11) is 1.13. The average molecular weight is 562 g/mol. The van der Waals surface area contributed by atoms with Gasteiger partial charge in [-0.05, 0) is 36.4 Å². The van der Waals surface area contributed by atoms with Crippen LogP contribution in [0, 0.1) is 10.1 Å². The third-order valence-corrected chi connectivity index (χ3v) is 5.43. The zero-order valence-corrected chi connectivity index (χ0v) is 21.2. The summed E-state index contributed by atoms with van der Waals surface area (Å²) in [6, 6.07) is 17.3. The Hall–Kier alpha value is -4.26. The number of nitro groups is 1. The summed E-state index contributed by atoms with van der Waals surface area (Å²) < 4.78 is 13.7. The van der Waals surface area contributed by atoms with Crippen LogP contribution >= 0.6 is 34.7 Å². The number of nitrogens with zero attached hydrogens (tertiary/aromatic N) is 3. The highest BCUT2D eigenvalue weighted by atomic mass is 35.5. The number of anilines is 2. The molecule has 37 heavy (non-hydrogen) atoms. The Morgan fingerprint density at radius 3 is 2.41 bits per heavy atom. The van der Waals surface area contributed by atoms with Crippen LogP contribution in [0.3, 0.4) is 0 Å². The van der Waals surface area contributed by atoms with Gasteiger partial charge >= 0.3 is 12.0 Å². The van der Waals surface area contributed by atoms with Crippen LogP contribution in [0.4, 0.5) is 21.2 Å². The van der Waals surface area contributed by atoms with E-state index in [1.165, 1.54) is 24.4 Å². The van der Waals surface area contributed by atoms with Crippen LogP contribution in [0.2, 0.25) is 10.0 Å². The number of carbonyl (C=O) groups is 2. The molecule has 4 rings (SSSR count). The first kappa shape index (κ1) is 27.3. The number of urea groups is 1. The SMILES string of the molecule is COC(=O)c1cc(Oc2ccc(Cl)cc2Cl)ccc1[N+](=O)[O-].O=C(Nc1ccccc1)Nc1cnns1. The predicted octanol–water partition coefficient (Wildman–Crippen LogP) is 6.66. The summed E-state index contributed by atoms with van der Waals surface area (Å²) in [5.41, 5.74) is 0.156. The second-order valence-corrected chi connectivity index (χ2v) is 8.46. The van der Waals surface area contributed by atoms with E-state index in [0.717, 1.165) is 30.4 Å². The van der Waals surface area contributed by atoms with Crippen molar-refractivity contribution in [2.24, 2.45) is 0 Å². The van der Waals surface area contributed by atoms with Crippen LogP contribution < -0.4 is 15.4 Å². The van der Waals surface area contributed by atoms with E-state index in [9.17, 15) is 19.7 Å². The summed E-state index contributed by atoms with van der Waals surface area (Å²) >= 11 is 12.9. The Balaban J connectivity index is 0.000000220. The standard InChI is InChI=1S/C14H9Cl2NO5.C9H8N4OS/c1-21-14(18)10-7-9(3-4-12(10)17(19)20)22-13-5-2-8(15)6-11(13)16;14-9(12-8-6-10-13-15-8)11-7-4-2-1-3-5-7/h2-7H,1H3;1-6H,(H2,11,12,14). The maximum Gasteiger partial charge on any atom is 0.345 e. The number of esters is 1. The molecule has 4 aromatic rings. The topological polar surface area (TPSA) is 146 Å². The fraction of sp³-hybridized carbons (Fsp3) is 0.0435. The Morgan fingerprint density at radius 2 is 1.78 bits per heavy atom. The summed E-state index contributed by atoms with van der Waals surface area (Å²) in [4.78, 5) is 33.3. The molecule has 2 amide bonds. The zero-order chi connectivity index (χ0) is 26.8. The minimum atomic E-state index is -0.834. The number of rotatable bonds is 6. The molecule has 14 heteroatoms. The normalized spacial score (nSPS) is 9.92. The molecule has 2 N–H and O–H groups in total. The van der Waals surface area contributed by atoms with Gasteiger partial charge in [0.1, 0.15) is 22.1 Å². The van der Waals surface area contributed by atoms with Gasteiger partial charge in [-0.2, -0.15) is 0 Å². The maximum atomic E-state index is 11.6. The van der Waals surface area contributed by atoms with Crippen LogP contribution in [-0.2, 0) is 4.74 Å². The van der Waals surface area contributed by atoms with Crippen molar-refractivity contribution in [3.8, 4) is 11.5 Å². The van der Waals surface area contributed by atoms with Crippen LogP contribution in [0.25, 0.3) is 0 Å². The minimum Gasteiger partial charge on any atom is -0.465 e. The number of para-hydroxylation sites is 1. The molecule has 1 aromatic heterocycles. The van der Waals surface area contributed by atoms with Gasteiger partial charge in [0, 0.05) is 34.4 Å². The number of carbonyl (C=O) groups excluding carboxylic acids is 2. The van der Waals surface area contributed by atoms with Crippen molar-refractivity contribution < 1.29 is 24.0 Å². The Kier molecular flexibility index (Phi) is 9.72. The number of ether oxygens (including phenoxy) is 2. The van der Waals surface area contributed by atoms with Gasteiger partial charge in [0.2, 0.25) is 0 Å². The van der Waals surface area contributed by atoms with Crippen molar-refractivity contribution in [1.82, 2.24) is 9.59 Å². The van der Waals surface area contributed by atoms with Gasteiger partial charge in [0.05, 0.1) is 23.3 Å². The number of hydrogen-bond acceptors (Lipinski definition) is 9. The van der Waals surface area contributed by atoms with Gasteiger partial charge in [0.25, 0.3) is 5.69 Å². The van der Waals surface area contributed by atoms with Crippen molar-refractivity contribution in [2.45, 2.75) is 0 Å². The molecule has 0 aliphatic rings. The smallest absolute Gasteiger partial charge is 0.345 e. The van der Waals surface area contributed by atoms with Gasteiger partial charge in [-0.3, -0.25) is 15.4 Å². The third-order valence-electron chi connectivity index (χ3n) is 4.32. The minimum absolute atomic E-state index is 0.204. The van der Waals surface area contributed by atoms with E-state index in [4.69, 9.17) is 27.9 Å². The van der Waals surface area contributed by atoms with Crippen molar-refractivity contribution in [2.75, 3.05) is 17.7 Å². The lowest BCUT2D eigenvalue weighted by atomic mass is 10.1. The second kappa shape index (κ2) is 13.2. The van der Waals surface area contributed by atoms with Crippen LogP contribution in [0.1, 0.15) is 10.4 Å². The molecule has 0 spiro atoms. The van der Waals surface area contributed by atoms with Crippen molar-refractivity contribution in [3.63, 3.8) is 0 Å². The lowest BCUT2D eigenvalue weighted by molar-refractivity contribution is -0.385. The van der Waals surface area contributed by atoms with E-state index < -0.39 is 10.9 Å². The molecule has 0 aliphatic heterocycles. The third kappa shape index (κ3) is 8.14. The summed E-state index contributed by atoms with van der Waals surface area (Å²) in [5, 5.41) is 21.2. The Labute approximate surface area is 224 Å². The largest absolute Gasteiger partial charge is 0.465 e. The van der Waals surface area contributed by atoms with Gasteiger partial charge < -0.3 is 14.8 Å². The zero-order valence-electron chi connectivity index (χ0n) is 18.9. The van der Waals surface area contributed by atoms with E-state index in [1.807, 2.05) is 30.3 Å². The molecule has 3 aromatic carbocycles. The molecule has 0 aliphatic carbocycles. The molecule has 0 atom stereocenters. The van der Waals surface area contributed by atoms with Crippen LogP contribution in [0.15, 0.2) is 72.9 Å². The van der Waals surface area contributed by atoms with Crippen LogP contribution in [0.5, 0.6) is 11.5 Å². The molecule has 0 fully saturated rings. The molecule has 0 bridgehead atoms. The number of benzene rings is 3. The second-order valence-electron chi connectivity index (χ2n) is 6.83. The van der Waals surface area contributed by atoms with E-state index in [-0.39, 0.29) is 28.1 Å². The molecule has 0 saturated heterocycles. The first-order valence-corrected chi connectivity index (χ1v) is 11.7. The van der Waals surface area contributed by atoms with Crippen molar-refractivity contribution in [3.05, 3.63) is 98.6 Å². The number of halogens is 2. The molecular weight excluding hydrogens is 545 g/mol. The first-order valence-electron chi connectivity index (χ1n) is 10.2. The number of aromatic nitrogens is 2. The number of hydrogen-bond donors (Lipinski definition) is 2. The van der Waals surface area contributed by atoms with E-state index in [1.54, 1.807) is 12.1 Å². The van der Waals surface area contributed by atoms with Crippen molar-refractivity contribution >= 4 is 63.1 Å². The molecule has 0 radical (unpaired) electrons. The average Bonchev–Trinajstić information content (AvgIpc) is 3.39. The highest BCUT2D eigenvalue weighted by Crippen LogP contribution is 2.33. The van der Waals surface area contributed by atoms with Gasteiger partial charge in [0.15, 0.2) is 0 Å². The van der Waals surface area contributed by atoms with E-state index >= 15 is 0 Å². The number of nitrogens with one attached hydrogen (secondary N) is 2. The molecule has 0 unspecified atom stereocenters. The monoisotopic (exact) mass is 561 g/mol. The molecule has 11 nitrogen and oxygen atoms in total.